The Labute approximate surface area is 101 Å². The molecule has 16 heavy (non-hydrogen) atoms. The number of hydrogen-bond donors (Lipinski definition) is 1. The topological polar surface area (TPSA) is 38.3 Å². The fourth-order valence-electron chi connectivity index (χ4n) is 1.55. The SMILES string of the molecule is COC(=O)[C@@H](NC(C)c1cccs1)C(C)C. The van der Waals surface area contributed by atoms with E-state index >= 15 is 0 Å². The first kappa shape index (κ1) is 13.2. The van der Waals surface area contributed by atoms with Crippen LogP contribution in [0.4, 0.5) is 0 Å². The Balaban J connectivity index is 2.65. The maximum Gasteiger partial charge on any atom is 0.323 e. The second-order valence-electron chi connectivity index (χ2n) is 4.15. The largest absolute Gasteiger partial charge is 0.468 e. The predicted octanol–water partition coefficient (Wildman–Crippen LogP) is 2.60. The highest BCUT2D eigenvalue weighted by molar-refractivity contribution is 7.10. The molecule has 0 bridgehead atoms. The summed E-state index contributed by atoms with van der Waals surface area (Å²) in [6, 6.07) is 4.01. The van der Waals surface area contributed by atoms with Crippen LogP contribution in [0.5, 0.6) is 0 Å². The lowest BCUT2D eigenvalue weighted by Crippen LogP contribution is -2.42. The molecule has 1 heterocycles. The normalized spacial score (nSPS) is 14.8. The van der Waals surface area contributed by atoms with Crippen molar-refractivity contribution in [3.8, 4) is 0 Å². The molecule has 1 aromatic heterocycles. The van der Waals surface area contributed by atoms with Crippen LogP contribution >= 0.6 is 11.3 Å². The van der Waals surface area contributed by atoms with E-state index in [1.54, 1.807) is 11.3 Å². The average molecular weight is 241 g/mol. The van der Waals surface area contributed by atoms with Gasteiger partial charge in [-0.3, -0.25) is 10.1 Å². The Kier molecular flexibility index (Phi) is 4.96. The van der Waals surface area contributed by atoms with Gasteiger partial charge < -0.3 is 4.74 Å². The summed E-state index contributed by atoms with van der Waals surface area (Å²) in [6.45, 7) is 6.08. The molecular formula is C12H19NO2S. The Morgan fingerprint density at radius 3 is 2.56 bits per heavy atom. The number of carbonyl (C=O) groups excluding carboxylic acids is 1. The van der Waals surface area contributed by atoms with Gasteiger partial charge in [-0.2, -0.15) is 0 Å². The fraction of sp³-hybridized carbons (Fsp3) is 0.583. The van der Waals surface area contributed by atoms with E-state index in [1.807, 2.05) is 25.3 Å². The Morgan fingerprint density at radius 2 is 2.12 bits per heavy atom. The molecule has 4 heteroatoms. The molecule has 1 rings (SSSR count). The smallest absolute Gasteiger partial charge is 0.323 e. The number of ether oxygens (including phenoxy) is 1. The highest BCUT2D eigenvalue weighted by atomic mass is 32.1. The standard InChI is InChI=1S/C12H19NO2S/c1-8(2)11(12(14)15-4)13-9(3)10-6-5-7-16-10/h5-9,11,13H,1-4H3/t9?,11-/m0/s1. The molecule has 0 spiro atoms. The summed E-state index contributed by atoms with van der Waals surface area (Å²) in [6.07, 6.45) is 0. The molecule has 1 unspecified atom stereocenters. The van der Waals surface area contributed by atoms with Crippen LogP contribution in [0.1, 0.15) is 31.7 Å². The summed E-state index contributed by atoms with van der Waals surface area (Å²) in [4.78, 5) is 12.8. The molecule has 1 aromatic rings. The molecule has 0 aromatic carbocycles. The molecule has 1 N–H and O–H groups in total. The van der Waals surface area contributed by atoms with Gasteiger partial charge in [-0.25, -0.2) is 0 Å². The monoisotopic (exact) mass is 241 g/mol. The minimum atomic E-state index is -0.248. The van der Waals surface area contributed by atoms with Crippen molar-refractivity contribution in [2.75, 3.05) is 7.11 Å². The van der Waals surface area contributed by atoms with Gasteiger partial charge in [0.2, 0.25) is 0 Å². The lowest BCUT2D eigenvalue weighted by molar-refractivity contribution is -0.144. The average Bonchev–Trinajstić information content (AvgIpc) is 2.77. The Morgan fingerprint density at radius 1 is 1.44 bits per heavy atom. The second kappa shape index (κ2) is 6.01. The maximum absolute atomic E-state index is 11.6. The molecule has 3 nitrogen and oxygen atoms in total. The highest BCUT2D eigenvalue weighted by Crippen LogP contribution is 2.20. The molecule has 0 radical (unpaired) electrons. The van der Waals surface area contributed by atoms with Crippen molar-refractivity contribution < 1.29 is 9.53 Å². The van der Waals surface area contributed by atoms with Crippen LogP contribution in [0.3, 0.4) is 0 Å². The van der Waals surface area contributed by atoms with Crippen molar-refractivity contribution >= 4 is 17.3 Å². The van der Waals surface area contributed by atoms with Gasteiger partial charge in [0.1, 0.15) is 6.04 Å². The zero-order valence-corrected chi connectivity index (χ0v) is 11.0. The van der Waals surface area contributed by atoms with E-state index in [1.165, 1.54) is 12.0 Å². The minimum absolute atomic E-state index is 0.173. The molecule has 0 aliphatic rings. The van der Waals surface area contributed by atoms with Crippen LogP contribution in [0.15, 0.2) is 17.5 Å². The van der Waals surface area contributed by atoms with Crippen LogP contribution in [0, 0.1) is 5.92 Å². The van der Waals surface area contributed by atoms with Crippen molar-refractivity contribution in [1.29, 1.82) is 0 Å². The molecule has 0 aliphatic carbocycles. The van der Waals surface area contributed by atoms with Crippen LogP contribution in [0.2, 0.25) is 0 Å². The first-order chi connectivity index (χ1) is 7.56. The van der Waals surface area contributed by atoms with Gasteiger partial charge in [0.25, 0.3) is 0 Å². The molecule has 0 saturated heterocycles. The highest BCUT2D eigenvalue weighted by Gasteiger charge is 2.24. The Hall–Kier alpha value is -0.870. The summed E-state index contributed by atoms with van der Waals surface area (Å²) in [5.41, 5.74) is 0. The number of hydrogen-bond acceptors (Lipinski definition) is 4. The number of thiophene rings is 1. The van der Waals surface area contributed by atoms with Crippen LogP contribution < -0.4 is 5.32 Å². The van der Waals surface area contributed by atoms with E-state index < -0.39 is 0 Å². The maximum atomic E-state index is 11.6. The summed E-state index contributed by atoms with van der Waals surface area (Å²) in [5, 5.41) is 5.34. The summed E-state index contributed by atoms with van der Waals surface area (Å²) in [7, 11) is 1.43. The van der Waals surface area contributed by atoms with Gasteiger partial charge in [0.15, 0.2) is 0 Å². The predicted molar refractivity (Wildman–Crippen MR) is 66.5 cm³/mol. The fourth-order valence-corrected chi connectivity index (χ4v) is 2.29. The first-order valence-corrected chi connectivity index (χ1v) is 6.31. The van der Waals surface area contributed by atoms with Crippen molar-refractivity contribution in [3.63, 3.8) is 0 Å². The zero-order valence-electron chi connectivity index (χ0n) is 10.2. The third-order valence-corrected chi connectivity index (χ3v) is 3.58. The van der Waals surface area contributed by atoms with E-state index in [9.17, 15) is 4.79 Å². The first-order valence-electron chi connectivity index (χ1n) is 5.43. The lowest BCUT2D eigenvalue weighted by Gasteiger charge is -2.23. The van der Waals surface area contributed by atoms with Crippen LogP contribution in [-0.4, -0.2) is 19.1 Å². The molecular weight excluding hydrogens is 222 g/mol. The summed E-state index contributed by atoms with van der Waals surface area (Å²) < 4.78 is 4.79. The second-order valence-corrected chi connectivity index (χ2v) is 5.13. The van der Waals surface area contributed by atoms with Crippen molar-refractivity contribution in [2.24, 2.45) is 5.92 Å². The van der Waals surface area contributed by atoms with Crippen molar-refractivity contribution in [2.45, 2.75) is 32.9 Å². The van der Waals surface area contributed by atoms with Crippen molar-refractivity contribution in [1.82, 2.24) is 5.32 Å². The van der Waals surface area contributed by atoms with E-state index in [-0.39, 0.29) is 24.0 Å². The van der Waals surface area contributed by atoms with E-state index in [2.05, 4.69) is 18.3 Å². The van der Waals surface area contributed by atoms with Gasteiger partial charge in [-0.1, -0.05) is 19.9 Å². The summed E-state index contributed by atoms with van der Waals surface area (Å²) >= 11 is 1.69. The molecule has 0 saturated carbocycles. The van der Waals surface area contributed by atoms with Gasteiger partial charge in [0, 0.05) is 10.9 Å². The number of carbonyl (C=O) groups is 1. The van der Waals surface area contributed by atoms with Crippen molar-refractivity contribution in [3.05, 3.63) is 22.4 Å². The van der Waals surface area contributed by atoms with E-state index in [4.69, 9.17) is 4.74 Å². The Bertz CT molecular complexity index is 322. The lowest BCUT2D eigenvalue weighted by atomic mass is 10.0. The zero-order chi connectivity index (χ0) is 12.1. The van der Waals surface area contributed by atoms with Gasteiger partial charge in [0.05, 0.1) is 7.11 Å². The third-order valence-electron chi connectivity index (χ3n) is 2.52. The third kappa shape index (κ3) is 3.32. The molecule has 2 atom stereocenters. The molecule has 90 valence electrons. The van der Waals surface area contributed by atoms with E-state index in [0.29, 0.717) is 0 Å². The quantitative estimate of drug-likeness (QED) is 0.805. The minimum Gasteiger partial charge on any atom is -0.468 e. The van der Waals surface area contributed by atoms with Crippen LogP contribution in [0.25, 0.3) is 0 Å². The number of esters is 1. The van der Waals surface area contributed by atoms with Gasteiger partial charge in [-0.15, -0.1) is 11.3 Å². The number of nitrogens with one attached hydrogen (secondary N) is 1. The van der Waals surface area contributed by atoms with E-state index in [0.717, 1.165) is 0 Å². The molecule has 0 fully saturated rings. The van der Waals surface area contributed by atoms with Gasteiger partial charge in [-0.05, 0) is 24.3 Å². The number of methoxy groups -OCH3 is 1. The van der Waals surface area contributed by atoms with Gasteiger partial charge >= 0.3 is 5.97 Å². The summed E-state index contributed by atoms with van der Waals surface area (Å²) in [5.74, 6) is 0.0215. The number of rotatable bonds is 5. The molecule has 0 amide bonds. The van der Waals surface area contributed by atoms with Crippen LogP contribution in [-0.2, 0) is 9.53 Å². The molecule has 0 aliphatic heterocycles.